The van der Waals surface area contributed by atoms with E-state index >= 15 is 0 Å². The molecule has 0 bridgehead atoms. The van der Waals surface area contributed by atoms with E-state index in [1.54, 1.807) is 6.20 Å². The molecular weight excluding hydrogens is 158 g/mol. The second kappa shape index (κ2) is 10.7. The van der Waals surface area contributed by atoms with Gasteiger partial charge in [0.1, 0.15) is 5.69 Å². The SMILES string of the molecule is C#Cc1cc(C)ccn1.CC.CC. The van der Waals surface area contributed by atoms with Gasteiger partial charge in [-0.05, 0) is 24.6 Å². The zero-order valence-corrected chi connectivity index (χ0v) is 9.26. The predicted molar refractivity (Wildman–Crippen MR) is 59.6 cm³/mol. The number of aryl methyl sites for hydroxylation is 1. The average Bonchev–Trinajstić information content (AvgIpc) is 2.24. The highest BCUT2D eigenvalue weighted by molar-refractivity contribution is 5.27. The Morgan fingerprint density at radius 3 is 2.08 bits per heavy atom. The van der Waals surface area contributed by atoms with Crippen LogP contribution in [0.4, 0.5) is 0 Å². The molecule has 1 nitrogen and oxygen atoms in total. The van der Waals surface area contributed by atoms with E-state index in [0.717, 1.165) is 5.56 Å². The Balaban J connectivity index is 0. The van der Waals surface area contributed by atoms with Crippen LogP contribution in [0, 0.1) is 19.3 Å². The molecule has 0 N–H and O–H groups in total. The molecule has 0 saturated heterocycles. The van der Waals surface area contributed by atoms with Gasteiger partial charge in [0.15, 0.2) is 0 Å². The Morgan fingerprint density at radius 2 is 1.77 bits per heavy atom. The van der Waals surface area contributed by atoms with Gasteiger partial charge in [0.2, 0.25) is 0 Å². The highest BCUT2D eigenvalue weighted by Gasteiger charge is 1.85. The monoisotopic (exact) mass is 177 g/mol. The van der Waals surface area contributed by atoms with Crippen molar-refractivity contribution in [3.63, 3.8) is 0 Å². The van der Waals surface area contributed by atoms with Crippen LogP contribution in [0.2, 0.25) is 0 Å². The maximum absolute atomic E-state index is 5.11. The number of terminal acetylenes is 1. The Morgan fingerprint density at radius 1 is 1.23 bits per heavy atom. The maximum Gasteiger partial charge on any atom is 0.113 e. The van der Waals surface area contributed by atoms with Gasteiger partial charge in [0.05, 0.1) is 0 Å². The van der Waals surface area contributed by atoms with Crippen molar-refractivity contribution in [2.24, 2.45) is 0 Å². The summed E-state index contributed by atoms with van der Waals surface area (Å²) in [6.45, 7) is 9.99. The van der Waals surface area contributed by atoms with E-state index in [9.17, 15) is 0 Å². The van der Waals surface area contributed by atoms with Crippen LogP contribution in [-0.2, 0) is 0 Å². The summed E-state index contributed by atoms with van der Waals surface area (Å²) in [5.74, 6) is 2.46. The zero-order chi connectivity index (χ0) is 10.7. The summed E-state index contributed by atoms with van der Waals surface area (Å²) in [7, 11) is 0. The molecule has 1 heteroatoms. The minimum absolute atomic E-state index is 0.704. The van der Waals surface area contributed by atoms with Crippen molar-refractivity contribution in [3.05, 3.63) is 29.6 Å². The van der Waals surface area contributed by atoms with E-state index in [-0.39, 0.29) is 0 Å². The third kappa shape index (κ3) is 7.08. The molecule has 1 heterocycles. The molecular formula is C12H19N. The average molecular weight is 177 g/mol. The number of hydrogen-bond acceptors (Lipinski definition) is 1. The standard InChI is InChI=1S/C8H7N.2C2H6/c1-3-8-6-7(2)4-5-9-8;2*1-2/h1,4-6H,2H3;2*1-2H3. The van der Waals surface area contributed by atoms with Crippen molar-refractivity contribution >= 4 is 0 Å². The summed E-state index contributed by atoms with van der Waals surface area (Å²) in [6.07, 6.45) is 6.82. The molecule has 0 atom stereocenters. The molecule has 1 aromatic heterocycles. The van der Waals surface area contributed by atoms with Crippen molar-refractivity contribution in [2.45, 2.75) is 34.6 Å². The van der Waals surface area contributed by atoms with E-state index < -0.39 is 0 Å². The number of hydrogen-bond donors (Lipinski definition) is 0. The molecule has 0 aromatic carbocycles. The van der Waals surface area contributed by atoms with Gasteiger partial charge in [-0.2, -0.15) is 0 Å². The van der Waals surface area contributed by atoms with Gasteiger partial charge in [0.25, 0.3) is 0 Å². The van der Waals surface area contributed by atoms with Gasteiger partial charge < -0.3 is 0 Å². The van der Waals surface area contributed by atoms with Crippen LogP contribution in [0.1, 0.15) is 39.0 Å². The van der Waals surface area contributed by atoms with E-state index in [2.05, 4.69) is 10.9 Å². The van der Waals surface area contributed by atoms with Crippen LogP contribution in [0.15, 0.2) is 18.3 Å². The summed E-state index contributed by atoms with van der Waals surface area (Å²) >= 11 is 0. The Hall–Kier alpha value is -1.29. The van der Waals surface area contributed by atoms with Crippen LogP contribution >= 0.6 is 0 Å². The first-order valence-electron chi connectivity index (χ1n) is 4.72. The van der Waals surface area contributed by atoms with E-state index in [1.165, 1.54) is 0 Å². The lowest BCUT2D eigenvalue weighted by atomic mass is 10.2. The minimum atomic E-state index is 0.704. The fourth-order valence-electron chi connectivity index (χ4n) is 0.615. The molecule has 0 spiro atoms. The third-order valence-electron chi connectivity index (χ3n) is 1.06. The van der Waals surface area contributed by atoms with Crippen LogP contribution in [0.5, 0.6) is 0 Å². The lowest BCUT2D eigenvalue weighted by Gasteiger charge is -1.89. The minimum Gasteiger partial charge on any atom is -0.248 e. The highest BCUT2D eigenvalue weighted by atomic mass is 14.6. The predicted octanol–water partition coefficient (Wildman–Crippen LogP) is 3.42. The summed E-state index contributed by atoms with van der Waals surface area (Å²) in [6, 6.07) is 3.79. The molecule has 13 heavy (non-hydrogen) atoms. The van der Waals surface area contributed by atoms with E-state index in [4.69, 9.17) is 6.42 Å². The van der Waals surface area contributed by atoms with Crippen LogP contribution in [-0.4, -0.2) is 4.98 Å². The Bertz CT molecular complexity index is 246. The fraction of sp³-hybridized carbons (Fsp3) is 0.417. The largest absolute Gasteiger partial charge is 0.248 e. The first-order chi connectivity index (χ1) is 6.33. The number of aromatic nitrogens is 1. The van der Waals surface area contributed by atoms with Crippen LogP contribution in [0.3, 0.4) is 0 Å². The molecule has 0 aliphatic heterocycles. The van der Waals surface area contributed by atoms with Crippen molar-refractivity contribution in [3.8, 4) is 12.3 Å². The highest BCUT2D eigenvalue weighted by Crippen LogP contribution is 1.96. The molecule has 0 aliphatic carbocycles. The number of rotatable bonds is 0. The Kier molecular flexibility index (Phi) is 11.7. The summed E-state index contributed by atoms with van der Waals surface area (Å²) in [4.78, 5) is 3.92. The van der Waals surface area contributed by atoms with E-state index in [0.29, 0.717) is 5.69 Å². The molecule has 0 aliphatic rings. The molecule has 0 saturated carbocycles. The summed E-state index contributed by atoms with van der Waals surface area (Å²) < 4.78 is 0. The second-order valence-corrected chi connectivity index (χ2v) is 1.86. The summed E-state index contributed by atoms with van der Waals surface area (Å²) in [5.41, 5.74) is 1.85. The summed E-state index contributed by atoms with van der Waals surface area (Å²) in [5, 5.41) is 0. The molecule has 0 radical (unpaired) electrons. The third-order valence-corrected chi connectivity index (χ3v) is 1.06. The first-order valence-corrected chi connectivity index (χ1v) is 4.72. The van der Waals surface area contributed by atoms with Crippen molar-refractivity contribution in [2.75, 3.05) is 0 Å². The van der Waals surface area contributed by atoms with Gasteiger partial charge >= 0.3 is 0 Å². The van der Waals surface area contributed by atoms with Crippen LogP contribution in [0.25, 0.3) is 0 Å². The quantitative estimate of drug-likeness (QED) is 0.553. The van der Waals surface area contributed by atoms with Crippen LogP contribution < -0.4 is 0 Å². The lowest BCUT2D eigenvalue weighted by Crippen LogP contribution is -1.80. The number of nitrogens with zero attached hydrogens (tertiary/aromatic N) is 1. The second-order valence-electron chi connectivity index (χ2n) is 1.86. The van der Waals surface area contributed by atoms with Crippen molar-refractivity contribution < 1.29 is 0 Å². The molecule has 0 amide bonds. The molecule has 1 aromatic rings. The van der Waals surface area contributed by atoms with E-state index in [1.807, 2.05) is 46.8 Å². The molecule has 0 unspecified atom stereocenters. The maximum atomic E-state index is 5.11. The van der Waals surface area contributed by atoms with Gasteiger partial charge in [-0.1, -0.05) is 33.6 Å². The van der Waals surface area contributed by atoms with Gasteiger partial charge in [-0.25, -0.2) is 4.98 Å². The molecule has 0 fully saturated rings. The van der Waals surface area contributed by atoms with Crippen molar-refractivity contribution in [1.82, 2.24) is 4.98 Å². The lowest BCUT2D eigenvalue weighted by molar-refractivity contribution is 1.25. The van der Waals surface area contributed by atoms with Crippen molar-refractivity contribution in [1.29, 1.82) is 0 Å². The Labute approximate surface area is 82.2 Å². The van der Waals surface area contributed by atoms with Gasteiger partial charge in [0, 0.05) is 6.20 Å². The normalized spacial score (nSPS) is 6.77. The smallest absolute Gasteiger partial charge is 0.113 e. The topological polar surface area (TPSA) is 12.9 Å². The fourth-order valence-corrected chi connectivity index (χ4v) is 0.615. The molecule has 72 valence electrons. The zero-order valence-electron chi connectivity index (χ0n) is 9.26. The van der Waals surface area contributed by atoms with Gasteiger partial charge in [-0.15, -0.1) is 6.42 Å². The molecule has 1 rings (SSSR count). The first kappa shape index (κ1) is 14.2. The van der Waals surface area contributed by atoms with Gasteiger partial charge in [-0.3, -0.25) is 0 Å². The number of pyridine rings is 1.